The van der Waals surface area contributed by atoms with Crippen LogP contribution < -0.4 is 0 Å². The normalized spacial score (nSPS) is 12.9. The molecule has 5 heteroatoms. The summed E-state index contributed by atoms with van der Waals surface area (Å²) in [5.41, 5.74) is 18.0. The van der Waals surface area contributed by atoms with E-state index in [0.717, 1.165) is 82.8 Å². The van der Waals surface area contributed by atoms with Gasteiger partial charge in [-0.05, 0) is 92.0 Å². The van der Waals surface area contributed by atoms with Gasteiger partial charge in [-0.1, -0.05) is 178 Å². The average Bonchev–Trinajstić information content (AvgIpc) is 4.01. The van der Waals surface area contributed by atoms with E-state index in [2.05, 4.69) is 166 Å². The highest BCUT2D eigenvalue weighted by Crippen LogP contribution is 2.49. The second-order valence-corrected chi connectivity index (χ2v) is 17.5. The van der Waals surface area contributed by atoms with Gasteiger partial charge in [-0.2, -0.15) is 0 Å². The van der Waals surface area contributed by atoms with Crippen LogP contribution in [0.25, 0.3) is 123 Å². The van der Waals surface area contributed by atoms with Crippen molar-refractivity contribution in [1.82, 2.24) is 15.0 Å². The molecule has 0 N–H and O–H groups in total. The fourth-order valence-electron chi connectivity index (χ4n) is 10.1. The minimum absolute atomic E-state index is 0.0165. The summed E-state index contributed by atoms with van der Waals surface area (Å²) >= 11 is 0. The van der Waals surface area contributed by atoms with Crippen molar-refractivity contribution in [2.75, 3.05) is 0 Å². The lowest BCUT2D eigenvalue weighted by molar-refractivity contribution is 0.660. The Kier molecular flexibility index (Phi) is 8.18. The molecule has 0 aliphatic heterocycles. The number of fused-ring (bicyclic) bond motifs is 9. The summed E-state index contributed by atoms with van der Waals surface area (Å²) in [7, 11) is 0. The van der Waals surface area contributed by atoms with E-state index in [0.29, 0.717) is 17.5 Å². The molecule has 3 heterocycles. The largest absolute Gasteiger partial charge is 0.456 e. The summed E-state index contributed by atoms with van der Waals surface area (Å²) in [4.78, 5) is 15.6. The van der Waals surface area contributed by atoms with Crippen LogP contribution in [-0.4, -0.2) is 15.0 Å². The van der Waals surface area contributed by atoms with Crippen molar-refractivity contribution in [1.29, 1.82) is 0 Å². The van der Waals surface area contributed by atoms with Crippen LogP contribution >= 0.6 is 0 Å². The highest BCUT2D eigenvalue weighted by atomic mass is 16.3. The Morgan fingerprint density at radius 2 is 0.846 bits per heavy atom. The van der Waals surface area contributed by atoms with Gasteiger partial charge in [0.15, 0.2) is 17.5 Å². The molecule has 0 radical (unpaired) electrons. The molecular weight excluding hydrogens is 795 g/mol. The van der Waals surface area contributed by atoms with Crippen molar-refractivity contribution in [2.45, 2.75) is 19.3 Å². The molecule has 1 aliphatic rings. The number of furan rings is 2. The van der Waals surface area contributed by atoms with Crippen molar-refractivity contribution >= 4 is 43.9 Å². The summed E-state index contributed by atoms with van der Waals surface area (Å²) in [5, 5.41) is 4.01. The number of hydrogen-bond donors (Lipinski definition) is 0. The first kappa shape index (κ1) is 37.2. The lowest BCUT2D eigenvalue weighted by atomic mass is 9.82. The van der Waals surface area contributed by atoms with Crippen LogP contribution in [0.15, 0.2) is 209 Å². The van der Waals surface area contributed by atoms with Gasteiger partial charge >= 0.3 is 0 Å². The zero-order valence-electron chi connectivity index (χ0n) is 35.7. The standard InChI is InChI=1S/C60H39N3O2/c1-60(2)50-19-8-6-14-43(50)48-34-41(30-32-51(48)60)38-22-24-39(25-23-38)42-31-33-53-49(35-42)55-46(17-11-21-54(55)64-53)58-61-57(40-28-26-37(27-29-40)36-12-4-3-5-13-36)62-59(63-58)47-18-10-16-45-44-15-7-9-20-52(44)65-56(45)47/h3-35H,1-2H3. The third-order valence-corrected chi connectivity index (χ3v) is 13.4. The van der Waals surface area contributed by atoms with Gasteiger partial charge in [0.1, 0.15) is 22.3 Å². The molecule has 0 fully saturated rings. The molecular formula is C60H39N3O2. The van der Waals surface area contributed by atoms with E-state index in [1.54, 1.807) is 0 Å². The maximum absolute atomic E-state index is 6.55. The van der Waals surface area contributed by atoms with Crippen LogP contribution in [-0.2, 0) is 5.41 Å². The highest BCUT2D eigenvalue weighted by molar-refractivity contribution is 6.13. The van der Waals surface area contributed by atoms with Crippen molar-refractivity contribution in [3.63, 3.8) is 0 Å². The smallest absolute Gasteiger partial charge is 0.167 e. The van der Waals surface area contributed by atoms with Gasteiger partial charge in [0.2, 0.25) is 0 Å². The summed E-state index contributed by atoms with van der Waals surface area (Å²) in [5.74, 6) is 1.65. The van der Waals surface area contributed by atoms with Crippen LogP contribution in [0.1, 0.15) is 25.0 Å². The number of nitrogens with zero attached hydrogens (tertiary/aromatic N) is 3. The Morgan fingerprint density at radius 3 is 1.66 bits per heavy atom. The van der Waals surface area contributed by atoms with E-state index in [-0.39, 0.29) is 5.41 Å². The number of aromatic nitrogens is 3. The van der Waals surface area contributed by atoms with E-state index < -0.39 is 0 Å². The molecule has 0 unspecified atom stereocenters. The summed E-state index contributed by atoms with van der Waals surface area (Å²) in [6, 6.07) is 70.3. The molecule has 1 aliphatic carbocycles. The molecule has 5 nitrogen and oxygen atoms in total. The van der Waals surface area contributed by atoms with Crippen LogP contribution in [0.4, 0.5) is 0 Å². The van der Waals surface area contributed by atoms with E-state index in [4.69, 9.17) is 23.8 Å². The first-order valence-corrected chi connectivity index (χ1v) is 22.1. The van der Waals surface area contributed by atoms with E-state index >= 15 is 0 Å². The second kappa shape index (κ2) is 14.3. The van der Waals surface area contributed by atoms with Gasteiger partial charge in [-0.25, -0.2) is 15.0 Å². The molecule has 13 rings (SSSR count). The molecule has 0 saturated heterocycles. The Labute approximate surface area is 375 Å². The monoisotopic (exact) mass is 833 g/mol. The van der Waals surface area contributed by atoms with E-state index in [1.165, 1.54) is 33.4 Å². The van der Waals surface area contributed by atoms with Crippen molar-refractivity contribution < 1.29 is 8.83 Å². The Morgan fingerprint density at radius 1 is 0.323 bits per heavy atom. The lowest BCUT2D eigenvalue weighted by Gasteiger charge is -2.21. The van der Waals surface area contributed by atoms with Crippen molar-refractivity contribution in [2.24, 2.45) is 0 Å². The molecule has 0 saturated carbocycles. The molecule has 9 aromatic carbocycles. The Hall–Kier alpha value is -8.41. The summed E-state index contributed by atoms with van der Waals surface area (Å²) in [6.07, 6.45) is 0. The van der Waals surface area contributed by atoms with Crippen molar-refractivity contribution in [3.05, 3.63) is 211 Å². The van der Waals surface area contributed by atoms with Gasteiger partial charge in [0.25, 0.3) is 0 Å². The highest BCUT2D eigenvalue weighted by Gasteiger charge is 2.35. The summed E-state index contributed by atoms with van der Waals surface area (Å²) in [6.45, 7) is 4.65. The predicted octanol–water partition coefficient (Wildman–Crippen LogP) is 16.0. The molecule has 12 aromatic rings. The molecule has 0 bridgehead atoms. The third-order valence-electron chi connectivity index (χ3n) is 13.4. The van der Waals surface area contributed by atoms with Gasteiger partial charge < -0.3 is 8.83 Å². The number of benzene rings is 9. The first-order chi connectivity index (χ1) is 31.9. The van der Waals surface area contributed by atoms with Crippen LogP contribution in [0.2, 0.25) is 0 Å². The number of para-hydroxylation sites is 2. The molecule has 0 spiro atoms. The topological polar surface area (TPSA) is 65.0 Å². The Bertz CT molecular complexity index is 3840. The Balaban J connectivity index is 0.926. The third kappa shape index (κ3) is 5.97. The van der Waals surface area contributed by atoms with Gasteiger partial charge in [-0.15, -0.1) is 0 Å². The van der Waals surface area contributed by atoms with Gasteiger partial charge in [0, 0.05) is 38.1 Å². The zero-order valence-corrected chi connectivity index (χ0v) is 35.7. The molecule has 3 aromatic heterocycles. The summed E-state index contributed by atoms with van der Waals surface area (Å²) < 4.78 is 13.1. The van der Waals surface area contributed by atoms with Gasteiger partial charge in [-0.3, -0.25) is 0 Å². The quantitative estimate of drug-likeness (QED) is 0.167. The fraction of sp³-hybridized carbons (Fsp3) is 0.0500. The molecule has 0 atom stereocenters. The average molecular weight is 834 g/mol. The molecule has 306 valence electrons. The van der Waals surface area contributed by atoms with E-state index in [1.807, 2.05) is 48.5 Å². The molecule has 0 amide bonds. The maximum atomic E-state index is 6.55. The molecule has 65 heavy (non-hydrogen) atoms. The van der Waals surface area contributed by atoms with Crippen LogP contribution in [0, 0.1) is 0 Å². The fourth-order valence-corrected chi connectivity index (χ4v) is 10.1. The minimum Gasteiger partial charge on any atom is -0.456 e. The zero-order chi connectivity index (χ0) is 43.2. The number of rotatable bonds is 6. The first-order valence-electron chi connectivity index (χ1n) is 22.1. The van der Waals surface area contributed by atoms with Crippen LogP contribution in [0.3, 0.4) is 0 Å². The maximum Gasteiger partial charge on any atom is 0.167 e. The SMILES string of the molecule is CC1(C)c2ccccc2-c2cc(-c3ccc(-c4ccc5oc6cccc(-c7nc(-c8ccc(-c9ccccc9)cc8)nc(-c8cccc9c8oc8ccccc89)n7)c6c5c4)cc3)ccc21. The van der Waals surface area contributed by atoms with Gasteiger partial charge in [0.05, 0.1) is 5.56 Å². The number of hydrogen-bond acceptors (Lipinski definition) is 5. The second-order valence-electron chi connectivity index (χ2n) is 17.5. The predicted molar refractivity (Wildman–Crippen MR) is 265 cm³/mol. The lowest BCUT2D eigenvalue weighted by Crippen LogP contribution is -2.14. The van der Waals surface area contributed by atoms with Crippen LogP contribution in [0.5, 0.6) is 0 Å². The van der Waals surface area contributed by atoms with E-state index in [9.17, 15) is 0 Å². The van der Waals surface area contributed by atoms with Crippen molar-refractivity contribution in [3.8, 4) is 78.7 Å². The minimum atomic E-state index is -0.0165.